The van der Waals surface area contributed by atoms with Gasteiger partial charge in [0.25, 0.3) is 5.91 Å². The number of aryl methyl sites for hydroxylation is 2. The third kappa shape index (κ3) is 6.78. The zero-order valence-electron chi connectivity index (χ0n) is 20.0. The summed E-state index contributed by atoms with van der Waals surface area (Å²) in [5.74, 6) is -0.210. The van der Waals surface area contributed by atoms with Gasteiger partial charge in [0, 0.05) is 26.9 Å². The number of benzene rings is 4. The number of thioether (sulfide) groups is 1. The van der Waals surface area contributed by atoms with Crippen LogP contribution in [0.3, 0.4) is 0 Å². The van der Waals surface area contributed by atoms with Crippen molar-refractivity contribution in [3.8, 4) is 0 Å². The Hall–Kier alpha value is -3.54. The van der Waals surface area contributed by atoms with Crippen molar-refractivity contribution < 1.29 is 14.3 Å². The molecule has 1 N–H and O–H groups in total. The summed E-state index contributed by atoms with van der Waals surface area (Å²) >= 11 is 7.63. The minimum Gasteiger partial charge on any atom is -0.444 e. The van der Waals surface area contributed by atoms with Gasteiger partial charge in [-0.15, -0.1) is 11.8 Å². The van der Waals surface area contributed by atoms with Gasteiger partial charge < -0.3 is 10.1 Å². The predicted octanol–water partition coefficient (Wildman–Crippen LogP) is 7.79. The van der Waals surface area contributed by atoms with Crippen LogP contribution in [-0.2, 0) is 15.3 Å². The first-order valence-electron chi connectivity index (χ1n) is 11.5. The van der Waals surface area contributed by atoms with Gasteiger partial charge >= 0.3 is 5.97 Å². The van der Waals surface area contributed by atoms with Gasteiger partial charge in [-0.05, 0) is 73.0 Å². The lowest BCUT2D eigenvalue weighted by molar-refractivity contribution is -0.125. The summed E-state index contributed by atoms with van der Waals surface area (Å²) in [6, 6.07) is 29.8. The van der Waals surface area contributed by atoms with Crippen LogP contribution in [0.1, 0.15) is 38.7 Å². The van der Waals surface area contributed by atoms with Crippen molar-refractivity contribution in [3.05, 3.63) is 130 Å². The maximum absolute atomic E-state index is 13.2. The molecular formula is C30H26ClNO3S. The molecule has 1 atom stereocenters. The van der Waals surface area contributed by atoms with E-state index in [0.717, 1.165) is 27.3 Å². The standard InChI is InChI=1S/C30H26ClNO3S/c1-20-8-9-21(2)27(18-20)32-29(33)28(23-6-4-3-5-7-23)35-30(34)24-12-10-22(11-13-24)19-36-26-16-14-25(31)15-17-26/h3-18,28H,19H2,1-2H3,(H,32,33)/t28-/m0/s1. The van der Waals surface area contributed by atoms with Crippen molar-refractivity contribution in [2.45, 2.75) is 30.6 Å². The molecule has 0 saturated carbocycles. The van der Waals surface area contributed by atoms with Crippen LogP contribution in [0, 0.1) is 13.8 Å². The molecule has 0 spiro atoms. The lowest BCUT2D eigenvalue weighted by Crippen LogP contribution is -2.26. The van der Waals surface area contributed by atoms with Crippen LogP contribution in [0.15, 0.2) is 102 Å². The molecule has 182 valence electrons. The van der Waals surface area contributed by atoms with Crippen molar-refractivity contribution in [1.82, 2.24) is 0 Å². The number of halogens is 1. The molecule has 0 bridgehead atoms. The highest BCUT2D eigenvalue weighted by molar-refractivity contribution is 7.98. The summed E-state index contributed by atoms with van der Waals surface area (Å²) in [7, 11) is 0. The highest BCUT2D eigenvalue weighted by Crippen LogP contribution is 2.26. The molecule has 0 saturated heterocycles. The molecule has 1 amide bonds. The number of amides is 1. The van der Waals surface area contributed by atoms with E-state index in [1.165, 1.54) is 0 Å². The minimum atomic E-state index is -1.08. The monoisotopic (exact) mass is 515 g/mol. The van der Waals surface area contributed by atoms with Crippen LogP contribution in [0.4, 0.5) is 5.69 Å². The van der Waals surface area contributed by atoms with E-state index in [1.54, 1.807) is 36.0 Å². The van der Waals surface area contributed by atoms with Gasteiger partial charge in [0.15, 0.2) is 0 Å². The summed E-state index contributed by atoms with van der Waals surface area (Å²) in [6.45, 7) is 3.88. The Balaban J connectivity index is 1.46. The third-order valence-corrected chi connectivity index (χ3v) is 6.96. The number of hydrogen-bond acceptors (Lipinski definition) is 4. The average Bonchev–Trinajstić information content (AvgIpc) is 2.89. The summed E-state index contributed by atoms with van der Waals surface area (Å²) < 4.78 is 5.74. The molecule has 4 aromatic carbocycles. The SMILES string of the molecule is Cc1ccc(C)c(NC(=O)[C@@H](OC(=O)c2ccc(CSc3ccc(Cl)cc3)cc2)c2ccccc2)c1. The topological polar surface area (TPSA) is 55.4 Å². The summed E-state index contributed by atoms with van der Waals surface area (Å²) in [5.41, 5.74) is 4.70. The summed E-state index contributed by atoms with van der Waals surface area (Å²) in [4.78, 5) is 27.4. The second-order valence-corrected chi connectivity index (χ2v) is 9.93. The maximum Gasteiger partial charge on any atom is 0.339 e. The first kappa shape index (κ1) is 25.5. The second-order valence-electron chi connectivity index (χ2n) is 8.44. The molecule has 0 aliphatic carbocycles. The fraction of sp³-hybridized carbons (Fsp3) is 0.133. The highest BCUT2D eigenvalue weighted by Gasteiger charge is 2.26. The number of rotatable bonds is 8. The lowest BCUT2D eigenvalue weighted by Gasteiger charge is -2.19. The van der Waals surface area contributed by atoms with Crippen LogP contribution >= 0.6 is 23.4 Å². The first-order chi connectivity index (χ1) is 17.4. The molecule has 0 unspecified atom stereocenters. The molecule has 0 aliphatic heterocycles. The number of hydrogen-bond donors (Lipinski definition) is 1. The van der Waals surface area contributed by atoms with E-state index in [2.05, 4.69) is 5.32 Å². The fourth-order valence-electron chi connectivity index (χ4n) is 3.58. The molecule has 6 heteroatoms. The van der Waals surface area contributed by atoms with Gasteiger partial charge in [-0.3, -0.25) is 4.79 Å². The Morgan fingerprint density at radius 2 is 1.58 bits per heavy atom. The number of carbonyl (C=O) groups is 2. The van der Waals surface area contributed by atoms with Gasteiger partial charge in [-0.25, -0.2) is 4.79 Å². The normalized spacial score (nSPS) is 11.5. The van der Waals surface area contributed by atoms with Crippen molar-refractivity contribution >= 4 is 40.9 Å². The molecular weight excluding hydrogens is 490 g/mol. The van der Waals surface area contributed by atoms with E-state index in [0.29, 0.717) is 21.8 Å². The van der Waals surface area contributed by atoms with Crippen LogP contribution in [0.2, 0.25) is 5.02 Å². The molecule has 0 heterocycles. The van der Waals surface area contributed by atoms with Gasteiger partial charge in [0.1, 0.15) is 0 Å². The zero-order chi connectivity index (χ0) is 25.5. The van der Waals surface area contributed by atoms with Gasteiger partial charge in [0.2, 0.25) is 6.10 Å². The molecule has 0 fully saturated rings. The van der Waals surface area contributed by atoms with E-state index in [4.69, 9.17) is 16.3 Å². The lowest BCUT2D eigenvalue weighted by atomic mass is 10.1. The first-order valence-corrected chi connectivity index (χ1v) is 12.9. The molecule has 4 nitrogen and oxygen atoms in total. The Bertz CT molecular complexity index is 1340. The Morgan fingerprint density at radius 3 is 2.28 bits per heavy atom. The minimum absolute atomic E-state index is 0.385. The summed E-state index contributed by atoms with van der Waals surface area (Å²) in [5, 5.41) is 3.63. The zero-order valence-corrected chi connectivity index (χ0v) is 21.6. The number of nitrogens with one attached hydrogen (secondary N) is 1. The second kappa shape index (κ2) is 11.9. The number of esters is 1. The van der Waals surface area contributed by atoms with Crippen LogP contribution < -0.4 is 5.32 Å². The van der Waals surface area contributed by atoms with Crippen molar-refractivity contribution in [2.75, 3.05) is 5.32 Å². The van der Waals surface area contributed by atoms with Crippen molar-refractivity contribution in [3.63, 3.8) is 0 Å². The van der Waals surface area contributed by atoms with E-state index in [1.807, 2.05) is 86.6 Å². The predicted molar refractivity (Wildman–Crippen MR) is 147 cm³/mol. The van der Waals surface area contributed by atoms with Crippen molar-refractivity contribution in [1.29, 1.82) is 0 Å². The number of carbonyl (C=O) groups excluding carboxylic acids is 2. The number of ether oxygens (including phenoxy) is 1. The quantitative estimate of drug-likeness (QED) is 0.192. The molecule has 0 aromatic heterocycles. The molecule has 0 radical (unpaired) electrons. The summed E-state index contributed by atoms with van der Waals surface area (Å²) in [6.07, 6.45) is -1.08. The van der Waals surface area contributed by atoms with Gasteiger partial charge in [-0.1, -0.05) is 66.2 Å². The van der Waals surface area contributed by atoms with Crippen LogP contribution in [0.25, 0.3) is 0 Å². The fourth-order valence-corrected chi connectivity index (χ4v) is 4.56. The third-order valence-electron chi connectivity index (χ3n) is 5.63. The Morgan fingerprint density at radius 1 is 0.889 bits per heavy atom. The Labute approximate surface area is 220 Å². The van der Waals surface area contributed by atoms with E-state index >= 15 is 0 Å². The number of anilines is 1. The smallest absolute Gasteiger partial charge is 0.339 e. The average molecular weight is 516 g/mol. The van der Waals surface area contributed by atoms with E-state index in [-0.39, 0.29) is 0 Å². The van der Waals surface area contributed by atoms with E-state index < -0.39 is 18.0 Å². The van der Waals surface area contributed by atoms with Gasteiger partial charge in [-0.2, -0.15) is 0 Å². The van der Waals surface area contributed by atoms with Crippen LogP contribution in [0.5, 0.6) is 0 Å². The maximum atomic E-state index is 13.2. The molecule has 4 aromatic rings. The molecule has 36 heavy (non-hydrogen) atoms. The van der Waals surface area contributed by atoms with Crippen molar-refractivity contribution in [2.24, 2.45) is 0 Å². The molecule has 4 rings (SSSR count). The van der Waals surface area contributed by atoms with Crippen LogP contribution in [-0.4, -0.2) is 11.9 Å². The van der Waals surface area contributed by atoms with Gasteiger partial charge in [0.05, 0.1) is 5.56 Å². The Kier molecular flexibility index (Phi) is 8.47. The molecule has 0 aliphatic rings. The highest BCUT2D eigenvalue weighted by atomic mass is 35.5. The largest absolute Gasteiger partial charge is 0.444 e. The van der Waals surface area contributed by atoms with E-state index in [9.17, 15) is 9.59 Å².